The molecule has 5 heteroatoms. The third-order valence-electron chi connectivity index (χ3n) is 2.40. The Morgan fingerprint density at radius 2 is 2.12 bits per heavy atom. The first kappa shape index (κ1) is 13.4. The molecule has 1 heterocycles. The Morgan fingerprint density at radius 3 is 2.75 bits per heavy atom. The number of rotatable bonds is 6. The quantitative estimate of drug-likeness (QED) is 0.814. The first-order valence-corrected chi connectivity index (χ1v) is 6.40. The largest absolute Gasteiger partial charge is 0.369 e. The van der Waals surface area contributed by atoms with Gasteiger partial charge >= 0.3 is 0 Å². The van der Waals surface area contributed by atoms with Gasteiger partial charge in [0.1, 0.15) is 16.2 Å². The lowest BCUT2D eigenvalue weighted by Crippen LogP contribution is -2.25. The van der Waals surface area contributed by atoms with E-state index in [0.29, 0.717) is 0 Å². The zero-order valence-corrected chi connectivity index (χ0v) is 11.7. The van der Waals surface area contributed by atoms with Crippen molar-refractivity contribution in [1.29, 1.82) is 0 Å². The normalized spacial score (nSPS) is 10.8. The van der Waals surface area contributed by atoms with Crippen molar-refractivity contribution in [1.82, 2.24) is 14.9 Å². The molecule has 90 valence electrons. The molecule has 0 saturated heterocycles. The zero-order chi connectivity index (χ0) is 12.0. The first-order valence-electron chi connectivity index (χ1n) is 5.61. The Morgan fingerprint density at radius 1 is 1.38 bits per heavy atom. The van der Waals surface area contributed by atoms with Crippen molar-refractivity contribution < 1.29 is 0 Å². The van der Waals surface area contributed by atoms with Crippen LogP contribution in [0.4, 0.5) is 5.82 Å². The van der Waals surface area contributed by atoms with Crippen molar-refractivity contribution >= 4 is 21.7 Å². The highest BCUT2D eigenvalue weighted by Gasteiger charge is 2.01. The first-order chi connectivity index (χ1) is 7.65. The van der Waals surface area contributed by atoms with Crippen LogP contribution in [0.25, 0.3) is 0 Å². The van der Waals surface area contributed by atoms with Crippen molar-refractivity contribution in [2.75, 3.05) is 32.0 Å². The molecule has 1 N–H and O–H groups in total. The van der Waals surface area contributed by atoms with Gasteiger partial charge < -0.3 is 10.2 Å². The molecular formula is C11H19BrN4. The van der Waals surface area contributed by atoms with E-state index < -0.39 is 0 Å². The van der Waals surface area contributed by atoms with Gasteiger partial charge in [-0.25, -0.2) is 9.97 Å². The average Bonchev–Trinajstić information content (AvgIpc) is 2.28. The lowest BCUT2D eigenvalue weighted by atomic mass is 10.4. The van der Waals surface area contributed by atoms with E-state index in [1.54, 1.807) is 0 Å². The monoisotopic (exact) mass is 286 g/mol. The van der Waals surface area contributed by atoms with Crippen LogP contribution >= 0.6 is 15.9 Å². The fraction of sp³-hybridized carbons (Fsp3) is 0.636. The maximum absolute atomic E-state index is 4.40. The third kappa shape index (κ3) is 4.45. The van der Waals surface area contributed by atoms with Crippen LogP contribution in [0.15, 0.2) is 10.7 Å². The molecule has 0 unspecified atom stereocenters. The van der Waals surface area contributed by atoms with Gasteiger partial charge in [-0.1, -0.05) is 13.8 Å². The molecule has 4 nitrogen and oxygen atoms in total. The van der Waals surface area contributed by atoms with E-state index in [4.69, 9.17) is 0 Å². The summed E-state index contributed by atoms with van der Waals surface area (Å²) in [4.78, 5) is 10.9. The Kier molecular flexibility index (Phi) is 5.69. The number of hydrogen-bond acceptors (Lipinski definition) is 4. The van der Waals surface area contributed by atoms with Crippen LogP contribution in [0.1, 0.15) is 19.7 Å². The Hall–Kier alpha value is -0.680. The third-order valence-corrected chi connectivity index (χ3v) is 2.80. The molecule has 0 fully saturated rings. The van der Waals surface area contributed by atoms with Gasteiger partial charge in [0.15, 0.2) is 0 Å². The van der Waals surface area contributed by atoms with E-state index in [1.165, 1.54) is 0 Å². The van der Waals surface area contributed by atoms with Crippen molar-refractivity contribution in [2.45, 2.75) is 20.3 Å². The molecule has 0 aliphatic carbocycles. The highest BCUT2D eigenvalue weighted by atomic mass is 79.9. The standard InChI is InChI=1S/C11H19BrN4/c1-4-10-14-9(12)8-11(15-10)13-6-7-16(3)5-2/h8H,4-7H2,1-3H3,(H,13,14,15). The van der Waals surface area contributed by atoms with Gasteiger partial charge in [-0.05, 0) is 29.5 Å². The number of nitrogens with one attached hydrogen (secondary N) is 1. The van der Waals surface area contributed by atoms with Gasteiger partial charge in [0, 0.05) is 25.6 Å². The van der Waals surface area contributed by atoms with Gasteiger partial charge in [-0.15, -0.1) is 0 Å². The summed E-state index contributed by atoms with van der Waals surface area (Å²) in [6, 6.07) is 1.91. The van der Waals surface area contributed by atoms with Crippen LogP contribution in [0.5, 0.6) is 0 Å². The summed E-state index contributed by atoms with van der Waals surface area (Å²) in [6.45, 7) is 7.18. The summed E-state index contributed by atoms with van der Waals surface area (Å²) in [5.74, 6) is 1.75. The van der Waals surface area contributed by atoms with Gasteiger partial charge in [0.25, 0.3) is 0 Å². The lowest BCUT2D eigenvalue weighted by molar-refractivity contribution is 0.367. The second-order valence-electron chi connectivity index (χ2n) is 3.67. The summed E-state index contributed by atoms with van der Waals surface area (Å²) in [7, 11) is 2.11. The SMILES string of the molecule is CCc1nc(Br)cc(NCCN(C)CC)n1. The van der Waals surface area contributed by atoms with Crippen LogP contribution in [0.3, 0.4) is 0 Å². The number of halogens is 1. The predicted octanol–water partition coefficient (Wildman–Crippen LogP) is 2.17. The minimum absolute atomic E-state index is 0.839. The van der Waals surface area contributed by atoms with E-state index >= 15 is 0 Å². The van der Waals surface area contributed by atoms with E-state index in [9.17, 15) is 0 Å². The summed E-state index contributed by atoms with van der Waals surface area (Å²) < 4.78 is 0.839. The van der Waals surface area contributed by atoms with Crippen LogP contribution in [-0.4, -0.2) is 41.5 Å². The molecule has 0 aliphatic rings. The molecule has 1 rings (SSSR count). The minimum Gasteiger partial charge on any atom is -0.369 e. The molecule has 1 aromatic rings. The molecule has 0 spiro atoms. The van der Waals surface area contributed by atoms with Crippen molar-refractivity contribution in [3.63, 3.8) is 0 Å². The maximum atomic E-state index is 4.40. The maximum Gasteiger partial charge on any atom is 0.131 e. The molecule has 0 aromatic carbocycles. The fourth-order valence-corrected chi connectivity index (χ4v) is 1.67. The van der Waals surface area contributed by atoms with Crippen LogP contribution in [0, 0.1) is 0 Å². The summed E-state index contributed by atoms with van der Waals surface area (Å²) in [6.07, 6.45) is 0.850. The second kappa shape index (κ2) is 6.81. The van der Waals surface area contributed by atoms with Gasteiger partial charge in [0.2, 0.25) is 0 Å². The van der Waals surface area contributed by atoms with Crippen LogP contribution in [-0.2, 0) is 6.42 Å². The number of anilines is 1. The van der Waals surface area contributed by atoms with E-state index in [0.717, 1.165) is 42.3 Å². The van der Waals surface area contributed by atoms with Crippen LogP contribution in [0.2, 0.25) is 0 Å². The van der Waals surface area contributed by atoms with Gasteiger partial charge in [-0.3, -0.25) is 0 Å². The number of aryl methyl sites for hydroxylation is 1. The molecule has 0 atom stereocenters. The Bertz CT molecular complexity index is 330. The fourth-order valence-electron chi connectivity index (χ4n) is 1.25. The molecule has 0 saturated carbocycles. The van der Waals surface area contributed by atoms with E-state index in [1.807, 2.05) is 6.07 Å². The van der Waals surface area contributed by atoms with Gasteiger partial charge in [-0.2, -0.15) is 0 Å². The molecule has 0 bridgehead atoms. The minimum atomic E-state index is 0.839. The van der Waals surface area contributed by atoms with Gasteiger partial charge in [0.05, 0.1) is 0 Å². The number of nitrogens with zero attached hydrogens (tertiary/aromatic N) is 3. The number of aromatic nitrogens is 2. The molecule has 0 aliphatic heterocycles. The Balaban J connectivity index is 2.50. The summed E-state index contributed by atoms with van der Waals surface area (Å²) in [5.41, 5.74) is 0. The van der Waals surface area contributed by atoms with Crippen LogP contribution < -0.4 is 5.32 Å². The predicted molar refractivity (Wildman–Crippen MR) is 70.8 cm³/mol. The van der Waals surface area contributed by atoms with Crippen molar-refractivity contribution in [3.8, 4) is 0 Å². The topological polar surface area (TPSA) is 41.1 Å². The highest BCUT2D eigenvalue weighted by molar-refractivity contribution is 9.10. The molecule has 1 aromatic heterocycles. The number of likely N-dealkylation sites (N-methyl/N-ethyl adjacent to an activating group) is 1. The summed E-state index contributed by atoms with van der Waals surface area (Å²) in [5, 5.41) is 3.30. The Labute approximate surface area is 106 Å². The molecule has 16 heavy (non-hydrogen) atoms. The smallest absolute Gasteiger partial charge is 0.131 e. The average molecular weight is 287 g/mol. The molecule has 0 radical (unpaired) electrons. The van der Waals surface area contributed by atoms with E-state index in [2.05, 4.69) is 57.0 Å². The zero-order valence-electron chi connectivity index (χ0n) is 10.1. The highest BCUT2D eigenvalue weighted by Crippen LogP contribution is 2.12. The van der Waals surface area contributed by atoms with E-state index in [-0.39, 0.29) is 0 Å². The summed E-state index contributed by atoms with van der Waals surface area (Å²) >= 11 is 3.39. The molecule has 0 amide bonds. The second-order valence-corrected chi connectivity index (χ2v) is 4.48. The number of hydrogen-bond donors (Lipinski definition) is 1. The molecular weight excluding hydrogens is 268 g/mol. The van der Waals surface area contributed by atoms with Crippen molar-refractivity contribution in [2.24, 2.45) is 0 Å². The van der Waals surface area contributed by atoms with Crippen molar-refractivity contribution in [3.05, 3.63) is 16.5 Å². The lowest BCUT2D eigenvalue weighted by Gasteiger charge is -2.14.